The van der Waals surface area contributed by atoms with Crippen molar-refractivity contribution in [3.8, 4) is 0 Å². The van der Waals surface area contributed by atoms with Crippen LogP contribution in [-0.4, -0.2) is 29.8 Å². The van der Waals surface area contributed by atoms with E-state index in [1.54, 1.807) is 7.11 Å². The van der Waals surface area contributed by atoms with Crippen LogP contribution in [0.3, 0.4) is 0 Å². The summed E-state index contributed by atoms with van der Waals surface area (Å²) in [6, 6.07) is 0. The molecule has 0 spiro atoms. The molecule has 1 saturated heterocycles. The molecule has 3 atom stereocenters. The Morgan fingerprint density at radius 3 is 2.83 bits per heavy atom. The van der Waals surface area contributed by atoms with Gasteiger partial charge in [-0.15, -0.1) is 0 Å². The zero-order valence-corrected chi connectivity index (χ0v) is 9.91. The Bertz CT molecular complexity index is 130. The summed E-state index contributed by atoms with van der Waals surface area (Å²) in [4.78, 5) is 0. The van der Waals surface area contributed by atoms with Crippen LogP contribution in [0.25, 0.3) is 0 Å². The van der Waals surface area contributed by atoms with Crippen LogP contribution in [0.5, 0.6) is 0 Å². The molecule has 0 amide bonds. The van der Waals surface area contributed by atoms with Gasteiger partial charge in [0.2, 0.25) is 0 Å². The molecule has 1 heterocycles. The van der Waals surface area contributed by atoms with Crippen LogP contribution >= 0.6 is 22.6 Å². The lowest BCUT2D eigenvalue weighted by Crippen LogP contribution is -2.35. The second-order valence-electron chi connectivity index (χ2n) is 3.38. The molecule has 2 nitrogen and oxygen atoms in total. The summed E-state index contributed by atoms with van der Waals surface area (Å²) in [5, 5.41) is 0. The Morgan fingerprint density at radius 1 is 1.50 bits per heavy atom. The number of methoxy groups -OCH3 is 1. The molecule has 0 unspecified atom stereocenters. The number of hydrogen-bond acceptors (Lipinski definition) is 2. The second kappa shape index (κ2) is 5.40. The van der Waals surface area contributed by atoms with E-state index in [1.807, 2.05) is 0 Å². The summed E-state index contributed by atoms with van der Waals surface area (Å²) in [6.07, 6.45) is 4.50. The van der Waals surface area contributed by atoms with Gasteiger partial charge in [0.25, 0.3) is 0 Å². The lowest BCUT2D eigenvalue weighted by Gasteiger charge is -2.32. The Balaban J connectivity index is 2.34. The molecule has 3 heteroatoms. The molecule has 1 fully saturated rings. The van der Waals surface area contributed by atoms with E-state index in [0.717, 1.165) is 19.3 Å². The molecule has 0 saturated carbocycles. The van der Waals surface area contributed by atoms with Crippen molar-refractivity contribution in [1.82, 2.24) is 0 Å². The minimum absolute atomic E-state index is 0.372. The normalized spacial score (nSPS) is 36.8. The minimum atomic E-state index is 0.372. The van der Waals surface area contributed by atoms with Crippen LogP contribution in [-0.2, 0) is 9.47 Å². The highest BCUT2D eigenvalue weighted by atomic mass is 127. The Kier molecular flexibility index (Phi) is 4.82. The van der Waals surface area contributed by atoms with Crippen molar-refractivity contribution in [1.29, 1.82) is 0 Å². The number of halogens is 1. The molecule has 1 aliphatic rings. The molecule has 0 aliphatic carbocycles. The molecule has 72 valence electrons. The zero-order chi connectivity index (χ0) is 8.97. The van der Waals surface area contributed by atoms with E-state index in [2.05, 4.69) is 29.5 Å². The maximum atomic E-state index is 5.77. The van der Waals surface area contributed by atoms with E-state index in [9.17, 15) is 0 Å². The van der Waals surface area contributed by atoms with Crippen LogP contribution in [0, 0.1) is 0 Å². The molecule has 0 bridgehead atoms. The third-order valence-electron chi connectivity index (χ3n) is 2.31. The van der Waals surface area contributed by atoms with E-state index in [4.69, 9.17) is 9.47 Å². The molecule has 0 N–H and O–H groups in total. The first-order valence-electron chi connectivity index (χ1n) is 4.50. The Morgan fingerprint density at radius 2 is 2.25 bits per heavy atom. The summed E-state index contributed by atoms with van der Waals surface area (Å²) in [7, 11) is 1.80. The predicted octanol–water partition coefficient (Wildman–Crippen LogP) is 2.39. The standard InChI is InChI=1S/C9H17IO2/c1-7-5-9(11-2)6-8(12-7)3-4-10/h7-9H,3-6H2,1-2H3/t7-,8-,9+/m0/s1. The smallest absolute Gasteiger partial charge is 0.0620 e. The first kappa shape index (κ1) is 10.7. The van der Waals surface area contributed by atoms with Gasteiger partial charge in [0.05, 0.1) is 18.3 Å². The first-order chi connectivity index (χ1) is 5.76. The van der Waals surface area contributed by atoms with E-state index in [-0.39, 0.29) is 0 Å². The lowest BCUT2D eigenvalue weighted by molar-refractivity contribution is -0.0982. The van der Waals surface area contributed by atoms with Crippen LogP contribution in [0.1, 0.15) is 26.2 Å². The fourth-order valence-electron chi connectivity index (χ4n) is 1.70. The summed E-state index contributed by atoms with van der Waals surface area (Å²) in [5.41, 5.74) is 0. The fourth-order valence-corrected chi connectivity index (χ4v) is 2.39. The predicted molar refractivity (Wildman–Crippen MR) is 57.9 cm³/mol. The summed E-state index contributed by atoms with van der Waals surface area (Å²) >= 11 is 2.40. The summed E-state index contributed by atoms with van der Waals surface area (Å²) in [6.45, 7) is 2.13. The highest BCUT2D eigenvalue weighted by Gasteiger charge is 2.26. The highest BCUT2D eigenvalue weighted by Crippen LogP contribution is 2.23. The summed E-state index contributed by atoms with van der Waals surface area (Å²) in [5.74, 6) is 0. The van der Waals surface area contributed by atoms with Gasteiger partial charge in [-0.05, 0) is 26.2 Å². The van der Waals surface area contributed by atoms with Gasteiger partial charge >= 0.3 is 0 Å². The van der Waals surface area contributed by atoms with Gasteiger partial charge in [0.1, 0.15) is 0 Å². The second-order valence-corrected chi connectivity index (χ2v) is 4.45. The number of ether oxygens (including phenoxy) is 2. The van der Waals surface area contributed by atoms with Gasteiger partial charge in [-0.25, -0.2) is 0 Å². The first-order valence-corrected chi connectivity index (χ1v) is 6.03. The minimum Gasteiger partial charge on any atom is -0.381 e. The van der Waals surface area contributed by atoms with E-state index in [1.165, 1.54) is 4.43 Å². The van der Waals surface area contributed by atoms with Gasteiger partial charge < -0.3 is 9.47 Å². The Hall–Kier alpha value is 0.650. The molecule has 0 radical (unpaired) electrons. The average Bonchev–Trinajstić information content (AvgIpc) is 2.04. The SMILES string of the molecule is CO[C@H]1C[C@H](CCI)O[C@@H](C)C1. The molecule has 0 aromatic rings. The molecule has 1 rings (SSSR count). The van der Waals surface area contributed by atoms with Crippen molar-refractivity contribution in [3.63, 3.8) is 0 Å². The summed E-state index contributed by atoms with van der Waals surface area (Å²) < 4.78 is 12.3. The molecular weight excluding hydrogens is 267 g/mol. The molecule has 0 aromatic carbocycles. The highest BCUT2D eigenvalue weighted by molar-refractivity contribution is 14.1. The van der Waals surface area contributed by atoms with Crippen LogP contribution in [0.4, 0.5) is 0 Å². The largest absolute Gasteiger partial charge is 0.381 e. The van der Waals surface area contributed by atoms with Crippen LogP contribution in [0.2, 0.25) is 0 Å². The van der Waals surface area contributed by atoms with Crippen molar-refractivity contribution < 1.29 is 9.47 Å². The zero-order valence-electron chi connectivity index (χ0n) is 7.75. The van der Waals surface area contributed by atoms with Gasteiger partial charge in [-0.2, -0.15) is 0 Å². The van der Waals surface area contributed by atoms with E-state index < -0.39 is 0 Å². The van der Waals surface area contributed by atoms with Gasteiger partial charge in [0.15, 0.2) is 0 Å². The third-order valence-corrected chi connectivity index (χ3v) is 2.93. The maximum Gasteiger partial charge on any atom is 0.0620 e. The Labute approximate surface area is 88.1 Å². The van der Waals surface area contributed by atoms with E-state index in [0.29, 0.717) is 18.3 Å². The fraction of sp³-hybridized carbons (Fsp3) is 1.00. The lowest BCUT2D eigenvalue weighted by atomic mass is 10.0. The molecular formula is C9H17IO2. The van der Waals surface area contributed by atoms with Crippen molar-refractivity contribution in [2.75, 3.05) is 11.5 Å². The van der Waals surface area contributed by atoms with Gasteiger partial charge in [-0.1, -0.05) is 22.6 Å². The third kappa shape index (κ3) is 3.18. The van der Waals surface area contributed by atoms with Crippen LogP contribution in [0.15, 0.2) is 0 Å². The van der Waals surface area contributed by atoms with Crippen molar-refractivity contribution in [3.05, 3.63) is 0 Å². The van der Waals surface area contributed by atoms with Gasteiger partial charge in [0, 0.05) is 11.5 Å². The molecule has 1 aliphatic heterocycles. The van der Waals surface area contributed by atoms with Crippen molar-refractivity contribution in [2.24, 2.45) is 0 Å². The maximum absolute atomic E-state index is 5.77. The number of rotatable bonds is 3. The van der Waals surface area contributed by atoms with Crippen molar-refractivity contribution in [2.45, 2.75) is 44.5 Å². The molecule has 0 aromatic heterocycles. The quantitative estimate of drug-likeness (QED) is 0.585. The number of hydrogen-bond donors (Lipinski definition) is 0. The topological polar surface area (TPSA) is 18.5 Å². The average molecular weight is 284 g/mol. The number of alkyl halides is 1. The van der Waals surface area contributed by atoms with Crippen LogP contribution < -0.4 is 0 Å². The monoisotopic (exact) mass is 284 g/mol. The molecule has 12 heavy (non-hydrogen) atoms. The van der Waals surface area contributed by atoms with E-state index >= 15 is 0 Å². The van der Waals surface area contributed by atoms with Gasteiger partial charge in [-0.3, -0.25) is 0 Å². The van der Waals surface area contributed by atoms with Crippen molar-refractivity contribution >= 4 is 22.6 Å².